The molecule has 1 heterocycles. The average Bonchev–Trinajstić information content (AvgIpc) is 2.90. The molecule has 9 heteroatoms. The van der Waals surface area contributed by atoms with Crippen LogP contribution in [-0.4, -0.2) is 50.6 Å². The molecule has 1 aromatic carbocycles. The fraction of sp³-hybridized carbons (Fsp3) is 0.462. The van der Waals surface area contributed by atoms with Gasteiger partial charge in [0.2, 0.25) is 0 Å². The number of anilines is 1. The first-order chi connectivity index (χ1) is 10.3. The first-order valence-electron chi connectivity index (χ1n) is 6.63. The molecule has 1 unspecified atom stereocenters. The Balaban J connectivity index is 2.18. The van der Waals surface area contributed by atoms with Crippen LogP contribution in [0.2, 0.25) is 5.02 Å². The molecule has 7 nitrogen and oxygen atoms in total. The van der Waals surface area contributed by atoms with E-state index < -0.39 is 16.2 Å². The van der Waals surface area contributed by atoms with Crippen LogP contribution in [0.5, 0.6) is 0 Å². The molecule has 1 aromatic rings. The lowest BCUT2D eigenvalue weighted by Crippen LogP contribution is -2.34. The minimum atomic E-state index is -3.81. The summed E-state index contributed by atoms with van der Waals surface area (Å²) < 4.78 is 33.4. The van der Waals surface area contributed by atoms with Crippen LogP contribution in [0.1, 0.15) is 16.8 Å². The van der Waals surface area contributed by atoms with Gasteiger partial charge in [-0.3, -0.25) is 4.72 Å². The molecule has 0 bridgehead atoms. The molecule has 0 aromatic heterocycles. The lowest BCUT2D eigenvalue weighted by molar-refractivity contribution is 0.0698. The minimum Gasteiger partial charge on any atom is -0.478 e. The fourth-order valence-electron chi connectivity index (χ4n) is 2.37. The molecular weight excluding hydrogens is 332 g/mol. The van der Waals surface area contributed by atoms with Gasteiger partial charge >= 0.3 is 16.2 Å². The van der Waals surface area contributed by atoms with E-state index in [2.05, 4.69) is 4.72 Å². The lowest BCUT2D eigenvalue weighted by Gasteiger charge is -2.18. The van der Waals surface area contributed by atoms with Crippen LogP contribution in [0, 0.1) is 5.92 Å². The third kappa shape index (κ3) is 3.89. The van der Waals surface area contributed by atoms with Gasteiger partial charge in [0, 0.05) is 25.2 Å². The topological polar surface area (TPSA) is 95.9 Å². The quantitative estimate of drug-likeness (QED) is 0.815. The molecule has 1 atom stereocenters. The fourth-order valence-corrected chi connectivity index (χ4v) is 3.88. The molecule has 22 heavy (non-hydrogen) atoms. The van der Waals surface area contributed by atoms with Gasteiger partial charge in [-0.25, -0.2) is 4.79 Å². The molecule has 1 aliphatic rings. The van der Waals surface area contributed by atoms with Crippen LogP contribution in [0.4, 0.5) is 5.69 Å². The Hall–Kier alpha value is -1.35. The zero-order chi connectivity index (χ0) is 16.3. The second-order valence-corrected chi connectivity index (χ2v) is 7.18. The summed E-state index contributed by atoms with van der Waals surface area (Å²) in [5, 5.41) is 9.36. The zero-order valence-electron chi connectivity index (χ0n) is 12.0. The maximum Gasteiger partial charge on any atom is 0.337 e. The largest absolute Gasteiger partial charge is 0.478 e. The lowest BCUT2D eigenvalue weighted by atomic mass is 10.1. The van der Waals surface area contributed by atoms with E-state index in [1.54, 1.807) is 7.11 Å². The molecule has 0 aliphatic carbocycles. The van der Waals surface area contributed by atoms with Gasteiger partial charge in [-0.15, -0.1) is 0 Å². The second kappa shape index (κ2) is 6.82. The van der Waals surface area contributed by atoms with Crippen LogP contribution >= 0.6 is 11.6 Å². The van der Waals surface area contributed by atoms with Gasteiger partial charge in [0.1, 0.15) is 0 Å². The van der Waals surface area contributed by atoms with E-state index >= 15 is 0 Å². The highest BCUT2D eigenvalue weighted by molar-refractivity contribution is 7.90. The molecule has 1 aliphatic heterocycles. The van der Waals surface area contributed by atoms with E-state index in [1.165, 1.54) is 22.5 Å². The maximum absolute atomic E-state index is 12.4. The number of aromatic carboxylic acids is 1. The van der Waals surface area contributed by atoms with Crippen molar-refractivity contribution in [2.24, 2.45) is 5.92 Å². The van der Waals surface area contributed by atoms with Crippen molar-refractivity contribution < 1.29 is 23.1 Å². The highest BCUT2D eigenvalue weighted by atomic mass is 35.5. The molecule has 122 valence electrons. The third-order valence-electron chi connectivity index (χ3n) is 3.44. The molecule has 0 saturated carbocycles. The van der Waals surface area contributed by atoms with E-state index in [0.29, 0.717) is 26.1 Å². The Labute approximate surface area is 134 Å². The third-order valence-corrected chi connectivity index (χ3v) is 5.17. The van der Waals surface area contributed by atoms with Crippen molar-refractivity contribution >= 4 is 33.5 Å². The normalized spacial score (nSPS) is 19.3. The number of ether oxygens (including phenoxy) is 1. The van der Waals surface area contributed by atoms with Crippen LogP contribution in [0.3, 0.4) is 0 Å². The molecule has 0 amide bonds. The number of hydrogen-bond acceptors (Lipinski definition) is 4. The number of carbonyl (C=O) groups is 1. The average molecular weight is 349 g/mol. The van der Waals surface area contributed by atoms with Gasteiger partial charge < -0.3 is 9.84 Å². The Bertz CT molecular complexity index is 664. The minimum absolute atomic E-state index is 0.00732. The number of nitrogens with zero attached hydrogens (tertiary/aromatic N) is 1. The van der Waals surface area contributed by atoms with Crippen LogP contribution in [0.25, 0.3) is 0 Å². The highest BCUT2D eigenvalue weighted by Gasteiger charge is 2.32. The van der Waals surface area contributed by atoms with Crippen molar-refractivity contribution in [3.05, 3.63) is 28.8 Å². The number of hydrogen-bond donors (Lipinski definition) is 2. The Morgan fingerprint density at radius 1 is 1.55 bits per heavy atom. The number of benzene rings is 1. The summed E-state index contributed by atoms with van der Waals surface area (Å²) in [5.74, 6) is -1.11. The maximum atomic E-state index is 12.4. The summed E-state index contributed by atoms with van der Waals surface area (Å²) in [6.45, 7) is 1.21. The van der Waals surface area contributed by atoms with Crippen molar-refractivity contribution in [3.8, 4) is 0 Å². The SMILES string of the molecule is COCC1CCN(S(=O)(=O)Nc2ccc(Cl)cc2C(=O)O)C1. The summed E-state index contributed by atoms with van der Waals surface area (Å²) in [6, 6.07) is 3.98. The van der Waals surface area contributed by atoms with Crippen molar-refractivity contribution in [3.63, 3.8) is 0 Å². The first kappa shape index (κ1) is 17.0. The number of rotatable bonds is 6. The first-order valence-corrected chi connectivity index (χ1v) is 8.45. The van der Waals surface area contributed by atoms with Crippen molar-refractivity contribution in [2.45, 2.75) is 6.42 Å². The number of carboxylic acid groups (broad SMARTS) is 1. The zero-order valence-corrected chi connectivity index (χ0v) is 13.5. The van der Waals surface area contributed by atoms with E-state index in [1.807, 2.05) is 0 Å². The standard InChI is InChI=1S/C13H17ClN2O5S/c1-21-8-9-4-5-16(7-9)22(19,20)15-12-3-2-10(14)6-11(12)13(17)18/h2-3,6,9,15H,4-5,7-8H2,1H3,(H,17,18). The summed E-state index contributed by atoms with van der Waals surface area (Å²) in [7, 11) is -2.24. The van der Waals surface area contributed by atoms with Gasteiger partial charge in [-0.05, 0) is 30.5 Å². The predicted octanol–water partition coefficient (Wildman–Crippen LogP) is 1.66. The van der Waals surface area contributed by atoms with Crippen molar-refractivity contribution in [2.75, 3.05) is 31.5 Å². The van der Waals surface area contributed by atoms with E-state index in [-0.39, 0.29) is 22.2 Å². The Morgan fingerprint density at radius 3 is 2.91 bits per heavy atom. The predicted molar refractivity (Wildman–Crippen MR) is 82.5 cm³/mol. The molecular formula is C13H17ClN2O5S. The Kier molecular flexibility index (Phi) is 5.28. The number of carboxylic acids is 1. The van der Waals surface area contributed by atoms with Gasteiger partial charge in [0.15, 0.2) is 0 Å². The number of methoxy groups -OCH3 is 1. The van der Waals surface area contributed by atoms with Gasteiger partial charge in [-0.1, -0.05) is 11.6 Å². The number of halogens is 1. The molecule has 0 spiro atoms. The summed E-state index contributed by atoms with van der Waals surface area (Å²) >= 11 is 5.75. The summed E-state index contributed by atoms with van der Waals surface area (Å²) in [5.41, 5.74) is -0.198. The molecule has 0 radical (unpaired) electrons. The van der Waals surface area contributed by atoms with Crippen molar-refractivity contribution in [1.82, 2.24) is 4.31 Å². The van der Waals surface area contributed by atoms with E-state index in [0.717, 1.165) is 0 Å². The van der Waals surface area contributed by atoms with Crippen LogP contribution in [0.15, 0.2) is 18.2 Å². The van der Waals surface area contributed by atoms with Crippen LogP contribution in [-0.2, 0) is 14.9 Å². The molecule has 1 saturated heterocycles. The van der Waals surface area contributed by atoms with E-state index in [4.69, 9.17) is 21.4 Å². The Morgan fingerprint density at radius 2 is 2.27 bits per heavy atom. The van der Waals surface area contributed by atoms with Gasteiger partial charge in [-0.2, -0.15) is 12.7 Å². The van der Waals surface area contributed by atoms with Crippen molar-refractivity contribution in [1.29, 1.82) is 0 Å². The molecule has 1 fully saturated rings. The smallest absolute Gasteiger partial charge is 0.337 e. The molecule has 2 rings (SSSR count). The highest BCUT2D eigenvalue weighted by Crippen LogP contribution is 2.25. The van der Waals surface area contributed by atoms with Gasteiger partial charge in [0.25, 0.3) is 0 Å². The monoisotopic (exact) mass is 348 g/mol. The van der Waals surface area contributed by atoms with Gasteiger partial charge in [0.05, 0.1) is 17.9 Å². The van der Waals surface area contributed by atoms with E-state index in [9.17, 15) is 13.2 Å². The second-order valence-electron chi connectivity index (χ2n) is 5.07. The number of nitrogens with one attached hydrogen (secondary N) is 1. The summed E-state index contributed by atoms with van der Waals surface area (Å²) in [4.78, 5) is 11.2. The van der Waals surface area contributed by atoms with Crippen LogP contribution < -0.4 is 4.72 Å². The molecule has 2 N–H and O–H groups in total. The summed E-state index contributed by atoms with van der Waals surface area (Å²) in [6.07, 6.45) is 0.709.